The van der Waals surface area contributed by atoms with Crippen molar-refractivity contribution in [3.63, 3.8) is 0 Å². The molecule has 3 rings (SSSR count). The maximum Gasteiger partial charge on any atom is 0.225 e. The zero-order chi connectivity index (χ0) is 19.3. The van der Waals surface area contributed by atoms with E-state index in [1.807, 2.05) is 29.2 Å². The summed E-state index contributed by atoms with van der Waals surface area (Å²) in [5.41, 5.74) is 7.81. The lowest BCUT2D eigenvalue weighted by Gasteiger charge is -2.35. The van der Waals surface area contributed by atoms with E-state index in [1.165, 1.54) is 6.26 Å². The molecule has 0 spiro atoms. The highest BCUT2D eigenvalue weighted by atomic mass is 127. The van der Waals surface area contributed by atoms with Crippen LogP contribution >= 0.6 is 24.0 Å². The summed E-state index contributed by atoms with van der Waals surface area (Å²) in [6.45, 7) is 3.37. The number of anilines is 1. The van der Waals surface area contributed by atoms with Crippen LogP contribution in [0.15, 0.2) is 47.7 Å². The number of piperazine rings is 1. The lowest BCUT2D eigenvalue weighted by atomic mass is 10.1. The SMILES string of the molecule is CS(=O)(=O)Cc1ccccc1CN=C(N)N1CCN(c2ncccn2)CC1.I. The second-order valence-corrected chi connectivity index (χ2v) is 8.68. The Kier molecular flexibility index (Phi) is 7.98. The minimum absolute atomic E-state index is 0. The zero-order valence-corrected chi connectivity index (χ0v) is 18.9. The monoisotopic (exact) mass is 516 g/mol. The van der Waals surface area contributed by atoms with E-state index in [9.17, 15) is 8.42 Å². The van der Waals surface area contributed by atoms with E-state index in [2.05, 4.69) is 19.9 Å². The summed E-state index contributed by atoms with van der Waals surface area (Å²) in [5, 5.41) is 0. The Morgan fingerprint density at radius 2 is 1.68 bits per heavy atom. The largest absolute Gasteiger partial charge is 0.370 e. The first-order valence-electron chi connectivity index (χ1n) is 8.74. The number of rotatable bonds is 5. The molecule has 0 bridgehead atoms. The molecule has 0 amide bonds. The Balaban J connectivity index is 0.00000280. The van der Waals surface area contributed by atoms with Gasteiger partial charge in [0.2, 0.25) is 5.95 Å². The highest BCUT2D eigenvalue weighted by Crippen LogP contribution is 2.14. The minimum atomic E-state index is -3.10. The Labute approximate surface area is 182 Å². The number of aliphatic imine (C=N–C) groups is 1. The van der Waals surface area contributed by atoms with Gasteiger partial charge in [-0.1, -0.05) is 24.3 Å². The molecule has 0 unspecified atom stereocenters. The van der Waals surface area contributed by atoms with E-state index >= 15 is 0 Å². The molecule has 1 aromatic heterocycles. The average molecular weight is 516 g/mol. The predicted octanol–water partition coefficient (Wildman–Crippen LogP) is 1.28. The van der Waals surface area contributed by atoms with Gasteiger partial charge in [0.1, 0.15) is 0 Å². The van der Waals surface area contributed by atoms with Crippen LogP contribution in [0.4, 0.5) is 5.95 Å². The fourth-order valence-corrected chi connectivity index (χ4v) is 3.84. The summed E-state index contributed by atoms with van der Waals surface area (Å²) in [6.07, 6.45) is 4.70. The van der Waals surface area contributed by atoms with Crippen LogP contribution in [0.25, 0.3) is 0 Å². The highest BCUT2D eigenvalue weighted by molar-refractivity contribution is 14.0. The Hall–Kier alpha value is -1.95. The van der Waals surface area contributed by atoms with E-state index in [4.69, 9.17) is 5.73 Å². The molecule has 2 N–H and O–H groups in total. The molecule has 28 heavy (non-hydrogen) atoms. The second kappa shape index (κ2) is 10.0. The van der Waals surface area contributed by atoms with Gasteiger partial charge in [0, 0.05) is 44.8 Å². The van der Waals surface area contributed by atoms with Crippen LogP contribution in [-0.4, -0.2) is 61.7 Å². The average Bonchev–Trinajstić information content (AvgIpc) is 2.67. The van der Waals surface area contributed by atoms with Gasteiger partial charge in [0.05, 0.1) is 12.3 Å². The van der Waals surface area contributed by atoms with Gasteiger partial charge in [0.25, 0.3) is 0 Å². The predicted molar refractivity (Wildman–Crippen MR) is 122 cm³/mol. The van der Waals surface area contributed by atoms with Crippen LogP contribution in [0.1, 0.15) is 11.1 Å². The number of hydrogen-bond acceptors (Lipinski definition) is 6. The van der Waals surface area contributed by atoms with Crippen molar-refractivity contribution in [2.75, 3.05) is 37.3 Å². The summed E-state index contributed by atoms with van der Waals surface area (Å²) >= 11 is 0. The second-order valence-electron chi connectivity index (χ2n) is 6.54. The number of nitrogens with two attached hydrogens (primary N) is 1. The van der Waals surface area contributed by atoms with Gasteiger partial charge in [-0.2, -0.15) is 0 Å². The number of aromatic nitrogens is 2. The third kappa shape index (κ3) is 6.30. The fourth-order valence-electron chi connectivity index (χ4n) is 2.99. The number of benzene rings is 1. The minimum Gasteiger partial charge on any atom is -0.370 e. The van der Waals surface area contributed by atoms with E-state index in [0.29, 0.717) is 12.5 Å². The quantitative estimate of drug-likeness (QED) is 0.363. The van der Waals surface area contributed by atoms with Crippen LogP contribution in [0, 0.1) is 0 Å². The molecule has 0 aliphatic carbocycles. The van der Waals surface area contributed by atoms with Crippen molar-refractivity contribution in [1.82, 2.24) is 14.9 Å². The fraction of sp³-hybridized carbons (Fsp3) is 0.389. The molecule has 0 saturated carbocycles. The molecule has 1 fully saturated rings. The molecule has 2 aromatic rings. The molecule has 1 aromatic carbocycles. The van der Waals surface area contributed by atoms with Crippen LogP contribution in [0.5, 0.6) is 0 Å². The van der Waals surface area contributed by atoms with Crippen LogP contribution in [0.2, 0.25) is 0 Å². The summed E-state index contributed by atoms with van der Waals surface area (Å²) in [7, 11) is -3.10. The molecule has 1 saturated heterocycles. The van der Waals surface area contributed by atoms with Gasteiger partial charge in [-0.05, 0) is 17.2 Å². The molecule has 1 aliphatic rings. The highest BCUT2D eigenvalue weighted by Gasteiger charge is 2.20. The van der Waals surface area contributed by atoms with E-state index < -0.39 is 9.84 Å². The van der Waals surface area contributed by atoms with Gasteiger partial charge in [-0.3, -0.25) is 0 Å². The smallest absolute Gasteiger partial charge is 0.225 e. The lowest BCUT2D eigenvalue weighted by Crippen LogP contribution is -2.51. The number of nitrogens with zero attached hydrogens (tertiary/aromatic N) is 5. The third-order valence-electron chi connectivity index (χ3n) is 4.39. The molecule has 10 heteroatoms. The number of guanidine groups is 1. The molecule has 0 radical (unpaired) electrons. The van der Waals surface area contributed by atoms with Gasteiger partial charge < -0.3 is 15.5 Å². The van der Waals surface area contributed by atoms with Crippen molar-refractivity contribution in [3.05, 3.63) is 53.9 Å². The van der Waals surface area contributed by atoms with Gasteiger partial charge in [0.15, 0.2) is 15.8 Å². The molecule has 0 atom stereocenters. The van der Waals surface area contributed by atoms with Crippen molar-refractivity contribution in [2.45, 2.75) is 12.3 Å². The number of halogens is 1. The summed E-state index contributed by atoms with van der Waals surface area (Å²) < 4.78 is 23.2. The van der Waals surface area contributed by atoms with Crippen molar-refractivity contribution >= 4 is 45.7 Å². The standard InChI is InChI=1S/C18H24N6O2S.HI/c1-27(25,26)14-16-6-3-2-5-15(16)13-22-17(19)23-9-11-24(12-10-23)18-20-7-4-8-21-18;/h2-8H,9-14H2,1H3,(H2,19,22);1H. The van der Waals surface area contributed by atoms with Crippen LogP contribution < -0.4 is 10.6 Å². The summed E-state index contributed by atoms with van der Waals surface area (Å²) in [5.74, 6) is 1.20. The molecule has 1 aliphatic heterocycles. The van der Waals surface area contributed by atoms with E-state index in [-0.39, 0.29) is 29.7 Å². The molecular weight excluding hydrogens is 491 g/mol. The van der Waals surface area contributed by atoms with Crippen molar-refractivity contribution in [1.29, 1.82) is 0 Å². The molecular formula is C18H25IN6O2S. The first-order chi connectivity index (χ1) is 12.9. The third-order valence-corrected chi connectivity index (χ3v) is 5.22. The normalized spacial score (nSPS) is 15.2. The Bertz CT molecular complexity index is 899. The van der Waals surface area contributed by atoms with E-state index in [1.54, 1.807) is 18.5 Å². The molecule has 8 nitrogen and oxygen atoms in total. The van der Waals surface area contributed by atoms with Gasteiger partial charge >= 0.3 is 0 Å². The van der Waals surface area contributed by atoms with Crippen molar-refractivity contribution in [2.24, 2.45) is 10.7 Å². The maximum atomic E-state index is 11.6. The maximum absolute atomic E-state index is 11.6. The van der Waals surface area contributed by atoms with Crippen molar-refractivity contribution in [3.8, 4) is 0 Å². The lowest BCUT2D eigenvalue weighted by molar-refractivity contribution is 0.378. The van der Waals surface area contributed by atoms with Crippen molar-refractivity contribution < 1.29 is 8.42 Å². The molecule has 152 valence electrons. The number of sulfone groups is 1. The summed E-state index contributed by atoms with van der Waals surface area (Å²) in [4.78, 5) is 17.2. The van der Waals surface area contributed by atoms with Gasteiger partial charge in [-0.15, -0.1) is 24.0 Å². The van der Waals surface area contributed by atoms with Gasteiger partial charge in [-0.25, -0.2) is 23.4 Å². The van der Waals surface area contributed by atoms with E-state index in [0.717, 1.165) is 43.3 Å². The Morgan fingerprint density at radius 1 is 1.07 bits per heavy atom. The zero-order valence-electron chi connectivity index (χ0n) is 15.7. The number of hydrogen-bond donors (Lipinski definition) is 1. The summed E-state index contributed by atoms with van der Waals surface area (Å²) in [6, 6.07) is 9.22. The van der Waals surface area contributed by atoms with Crippen LogP contribution in [-0.2, 0) is 22.1 Å². The topological polar surface area (TPSA) is 105 Å². The molecule has 2 heterocycles. The van der Waals surface area contributed by atoms with Crippen LogP contribution in [0.3, 0.4) is 0 Å². The first-order valence-corrected chi connectivity index (χ1v) is 10.8. The first kappa shape index (κ1) is 22.3. The Morgan fingerprint density at radius 3 is 2.29 bits per heavy atom.